The average Bonchev–Trinajstić information content (AvgIpc) is 2.75. The summed E-state index contributed by atoms with van der Waals surface area (Å²) in [6.07, 6.45) is 0.859. The van der Waals surface area contributed by atoms with Gasteiger partial charge in [0.1, 0.15) is 5.82 Å². The molecule has 0 spiro atoms. The van der Waals surface area contributed by atoms with Gasteiger partial charge in [-0.15, -0.1) is 0 Å². The van der Waals surface area contributed by atoms with Gasteiger partial charge in [-0.2, -0.15) is 5.10 Å². The summed E-state index contributed by atoms with van der Waals surface area (Å²) in [6, 6.07) is 8.54. The molecule has 0 aliphatic carbocycles. The van der Waals surface area contributed by atoms with Crippen molar-refractivity contribution in [1.29, 1.82) is 0 Å². The lowest BCUT2D eigenvalue weighted by Crippen LogP contribution is -2.10. The first-order chi connectivity index (χ1) is 7.81. The molecule has 0 unspecified atom stereocenters. The van der Waals surface area contributed by atoms with E-state index in [1.54, 1.807) is 18.2 Å². The smallest absolute Gasteiger partial charge is 0.132 e. The van der Waals surface area contributed by atoms with Gasteiger partial charge in [-0.3, -0.25) is 5.10 Å². The molecule has 0 atom stereocenters. The molecular weight excluding hydrogens is 205 g/mol. The van der Waals surface area contributed by atoms with Crippen LogP contribution in [0.25, 0.3) is 11.3 Å². The second-order valence-corrected chi connectivity index (χ2v) is 3.61. The van der Waals surface area contributed by atoms with E-state index in [-0.39, 0.29) is 5.82 Å². The molecule has 0 radical (unpaired) electrons. The Bertz CT molecular complexity index is 465. The van der Waals surface area contributed by atoms with Gasteiger partial charge in [0.15, 0.2) is 0 Å². The van der Waals surface area contributed by atoms with Gasteiger partial charge in [0.2, 0.25) is 0 Å². The largest absolute Gasteiger partial charge is 0.319 e. The standard InChI is InChI=1S/C12H14FN3/c1-14-7-6-9-8-12(16-15-9)10-4-2-3-5-11(10)13/h2-5,8,14H,6-7H2,1H3,(H,15,16). The Morgan fingerprint density at radius 2 is 2.19 bits per heavy atom. The van der Waals surface area contributed by atoms with Crippen LogP contribution < -0.4 is 5.32 Å². The molecule has 16 heavy (non-hydrogen) atoms. The van der Waals surface area contributed by atoms with Crippen LogP contribution in [0, 0.1) is 5.82 Å². The molecule has 0 amide bonds. The first kappa shape index (κ1) is 10.8. The molecule has 0 aliphatic heterocycles. The average molecular weight is 219 g/mol. The van der Waals surface area contributed by atoms with Crippen molar-refractivity contribution < 1.29 is 4.39 Å². The summed E-state index contributed by atoms with van der Waals surface area (Å²) in [7, 11) is 1.90. The quantitative estimate of drug-likeness (QED) is 0.825. The van der Waals surface area contributed by atoms with Crippen LogP contribution in [0.15, 0.2) is 30.3 Å². The Morgan fingerprint density at radius 1 is 1.38 bits per heavy atom. The number of aromatic amines is 1. The fourth-order valence-electron chi connectivity index (χ4n) is 1.56. The zero-order valence-electron chi connectivity index (χ0n) is 9.13. The monoisotopic (exact) mass is 219 g/mol. The van der Waals surface area contributed by atoms with Crippen LogP contribution in [0.3, 0.4) is 0 Å². The number of rotatable bonds is 4. The van der Waals surface area contributed by atoms with E-state index in [1.165, 1.54) is 6.07 Å². The van der Waals surface area contributed by atoms with Gasteiger partial charge in [0.25, 0.3) is 0 Å². The van der Waals surface area contributed by atoms with Gasteiger partial charge in [-0.1, -0.05) is 12.1 Å². The van der Waals surface area contributed by atoms with E-state index in [1.807, 2.05) is 13.1 Å². The fourth-order valence-corrected chi connectivity index (χ4v) is 1.56. The van der Waals surface area contributed by atoms with E-state index in [2.05, 4.69) is 15.5 Å². The predicted molar refractivity (Wildman–Crippen MR) is 61.6 cm³/mol. The van der Waals surface area contributed by atoms with E-state index in [0.717, 1.165) is 18.7 Å². The minimum absolute atomic E-state index is 0.242. The Labute approximate surface area is 93.7 Å². The molecule has 1 aromatic heterocycles. The van der Waals surface area contributed by atoms with Crippen molar-refractivity contribution in [3.63, 3.8) is 0 Å². The number of H-pyrrole nitrogens is 1. The Kier molecular flexibility index (Phi) is 3.31. The first-order valence-corrected chi connectivity index (χ1v) is 5.25. The highest BCUT2D eigenvalue weighted by Gasteiger charge is 2.07. The van der Waals surface area contributed by atoms with Crippen molar-refractivity contribution in [3.8, 4) is 11.3 Å². The van der Waals surface area contributed by atoms with Crippen LogP contribution in [0.4, 0.5) is 4.39 Å². The molecule has 84 valence electrons. The normalized spacial score (nSPS) is 10.6. The molecule has 1 aromatic carbocycles. The Balaban J connectivity index is 2.22. The molecule has 4 heteroatoms. The number of benzene rings is 1. The zero-order chi connectivity index (χ0) is 11.4. The summed E-state index contributed by atoms with van der Waals surface area (Å²) in [5.74, 6) is -0.242. The molecule has 1 heterocycles. The number of halogens is 1. The minimum atomic E-state index is -0.242. The van der Waals surface area contributed by atoms with E-state index in [4.69, 9.17) is 0 Å². The summed E-state index contributed by atoms with van der Waals surface area (Å²) >= 11 is 0. The molecule has 3 nitrogen and oxygen atoms in total. The molecule has 2 aromatic rings. The van der Waals surface area contributed by atoms with Crippen LogP contribution in [0.1, 0.15) is 5.69 Å². The van der Waals surface area contributed by atoms with Gasteiger partial charge >= 0.3 is 0 Å². The topological polar surface area (TPSA) is 40.7 Å². The minimum Gasteiger partial charge on any atom is -0.319 e. The highest BCUT2D eigenvalue weighted by molar-refractivity contribution is 5.59. The van der Waals surface area contributed by atoms with E-state index in [0.29, 0.717) is 11.3 Å². The number of nitrogens with zero attached hydrogens (tertiary/aromatic N) is 1. The van der Waals surface area contributed by atoms with Gasteiger partial charge in [-0.05, 0) is 25.2 Å². The lowest BCUT2D eigenvalue weighted by Gasteiger charge is -1.96. The molecule has 2 rings (SSSR count). The van der Waals surface area contributed by atoms with E-state index < -0.39 is 0 Å². The van der Waals surface area contributed by atoms with Crippen molar-refractivity contribution in [2.45, 2.75) is 6.42 Å². The maximum absolute atomic E-state index is 13.5. The Morgan fingerprint density at radius 3 is 2.94 bits per heavy atom. The highest BCUT2D eigenvalue weighted by Crippen LogP contribution is 2.20. The van der Waals surface area contributed by atoms with Crippen LogP contribution in [0.5, 0.6) is 0 Å². The number of hydrogen-bond acceptors (Lipinski definition) is 2. The number of nitrogens with one attached hydrogen (secondary N) is 2. The summed E-state index contributed by atoms with van der Waals surface area (Å²) < 4.78 is 13.5. The van der Waals surface area contributed by atoms with Crippen molar-refractivity contribution >= 4 is 0 Å². The third kappa shape index (κ3) is 2.28. The summed E-state index contributed by atoms with van der Waals surface area (Å²) in [5.41, 5.74) is 2.20. The molecule has 0 fully saturated rings. The maximum atomic E-state index is 13.5. The number of hydrogen-bond donors (Lipinski definition) is 2. The van der Waals surface area contributed by atoms with Crippen LogP contribution >= 0.6 is 0 Å². The summed E-state index contributed by atoms with van der Waals surface area (Å²) in [5, 5.41) is 10.1. The van der Waals surface area contributed by atoms with Crippen molar-refractivity contribution in [2.24, 2.45) is 0 Å². The van der Waals surface area contributed by atoms with Crippen LogP contribution in [-0.2, 0) is 6.42 Å². The summed E-state index contributed by atoms with van der Waals surface area (Å²) in [4.78, 5) is 0. The maximum Gasteiger partial charge on any atom is 0.132 e. The van der Waals surface area contributed by atoms with E-state index >= 15 is 0 Å². The third-order valence-corrected chi connectivity index (χ3v) is 2.43. The molecular formula is C12H14FN3. The SMILES string of the molecule is CNCCc1cc(-c2ccccc2F)n[nH]1. The van der Waals surface area contributed by atoms with Crippen molar-refractivity contribution in [2.75, 3.05) is 13.6 Å². The second-order valence-electron chi connectivity index (χ2n) is 3.61. The zero-order valence-corrected chi connectivity index (χ0v) is 9.13. The molecule has 0 aliphatic rings. The van der Waals surface area contributed by atoms with Crippen LogP contribution in [0.2, 0.25) is 0 Å². The third-order valence-electron chi connectivity index (χ3n) is 2.43. The van der Waals surface area contributed by atoms with Crippen molar-refractivity contribution in [1.82, 2.24) is 15.5 Å². The fraction of sp³-hybridized carbons (Fsp3) is 0.250. The second kappa shape index (κ2) is 4.90. The molecule has 0 saturated heterocycles. The van der Waals surface area contributed by atoms with Crippen LogP contribution in [-0.4, -0.2) is 23.8 Å². The van der Waals surface area contributed by atoms with Gasteiger partial charge in [0, 0.05) is 24.2 Å². The predicted octanol–water partition coefficient (Wildman–Crippen LogP) is 1.98. The molecule has 0 bridgehead atoms. The lowest BCUT2D eigenvalue weighted by molar-refractivity contribution is 0.630. The first-order valence-electron chi connectivity index (χ1n) is 5.25. The molecule has 2 N–H and O–H groups in total. The van der Waals surface area contributed by atoms with E-state index in [9.17, 15) is 4.39 Å². The number of likely N-dealkylation sites (N-methyl/N-ethyl adjacent to an activating group) is 1. The lowest BCUT2D eigenvalue weighted by atomic mass is 10.1. The highest BCUT2D eigenvalue weighted by atomic mass is 19.1. The number of aromatic nitrogens is 2. The molecule has 0 saturated carbocycles. The van der Waals surface area contributed by atoms with Gasteiger partial charge < -0.3 is 5.32 Å². The summed E-state index contributed by atoms with van der Waals surface area (Å²) in [6.45, 7) is 0.874. The van der Waals surface area contributed by atoms with Gasteiger partial charge in [0.05, 0.1) is 5.69 Å². The van der Waals surface area contributed by atoms with Crippen molar-refractivity contribution in [3.05, 3.63) is 41.8 Å². The van der Waals surface area contributed by atoms with Gasteiger partial charge in [-0.25, -0.2) is 4.39 Å². The Hall–Kier alpha value is -1.68.